The minimum absolute atomic E-state index is 0.618. The van der Waals surface area contributed by atoms with Crippen LogP contribution in [0.2, 0.25) is 0 Å². The highest BCUT2D eigenvalue weighted by Gasteiger charge is 2.13. The van der Waals surface area contributed by atoms with Crippen molar-refractivity contribution in [1.29, 1.82) is 0 Å². The molecule has 0 spiro atoms. The van der Waals surface area contributed by atoms with Gasteiger partial charge >= 0.3 is 0 Å². The van der Waals surface area contributed by atoms with Crippen LogP contribution in [-0.4, -0.2) is 4.98 Å². The van der Waals surface area contributed by atoms with Gasteiger partial charge in [0.1, 0.15) is 22.8 Å². The number of rotatable bonds is 0. The van der Waals surface area contributed by atoms with E-state index in [4.69, 9.17) is 17.7 Å². The van der Waals surface area contributed by atoms with Gasteiger partial charge in [-0.1, -0.05) is 53.7 Å². The molecular weight excluding hydrogens is 462 g/mol. The van der Waals surface area contributed by atoms with Crippen LogP contribution in [0.25, 0.3) is 28.3 Å². The van der Waals surface area contributed by atoms with E-state index in [0.29, 0.717) is 5.78 Å². The highest BCUT2D eigenvalue weighted by molar-refractivity contribution is 5.72. The maximum absolute atomic E-state index is 5.36. The fourth-order valence-corrected chi connectivity index (χ4v) is 4.59. The normalized spacial score (nSPS) is 14.5. The molecule has 0 unspecified atom stereocenters. The number of furan rings is 3. The van der Waals surface area contributed by atoms with Crippen LogP contribution in [0.4, 0.5) is 0 Å². The van der Waals surface area contributed by atoms with E-state index >= 15 is 0 Å². The number of oxazole rings is 1. The molecule has 0 bridgehead atoms. The first-order chi connectivity index (χ1) is 17.9. The number of fused-ring (bicyclic) bond motifs is 3. The molecule has 3 aliphatic carbocycles. The molecule has 0 N–H and O–H groups in total. The second-order valence-corrected chi connectivity index (χ2v) is 9.40. The molecule has 8 rings (SSSR count). The van der Waals surface area contributed by atoms with E-state index in [2.05, 4.69) is 48.4 Å². The highest BCUT2D eigenvalue weighted by atomic mass is 16.5. The van der Waals surface area contributed by atoms with Crippen molar-refractivity contribution >= 4 is 28.3 Å². The monoisotopic (exact) mass is 493 g/mol. The number of allylic oxidation sites excluding steroid dienone is 7. The van der Waals surface area contributed by atoms with Gasteiger partial charge in [-0.2, -0.15) is 0 Å². The summed E-state index contributed by atoms with van der Waals surface area (Å²) >= 11 is 0. The average molecular weight is 494 g/mol. The lowest BCUT2D eigenvalue weighted by Crippen LogP contribution is -1.73. The molecule has 0 radical (unpaired) electrons. The van der Waals surface area contributed by atoms with Gasteiger partial charge in [0, 0.05) is 18.9 Å². The summed E-state index contributed by atoms with van der Waals surface area (Å²) < 4.78 is 20.7. The number of hydrogen-bond acceptors (Lipinski definition) is 5. The SMILES string of the molecule is CC1=CC2=C(CC=C2)C1.Cc1cc2c(o1)CC=C2.Cc1cc2ccoc2o1.Cc1nc2ccccc2o1. The molecule has 1 aromatic carbocycles. The molecule has 37 heavy (non-hydrogen) atoms. The van der Waals surface area contributed by atoms with Crippen molar-refractivity contribution in [2.75, 3.05) is 0 Å². The Morgan fingerprint density at radius 2 is 1.62 bits per heavy atom. The maximum atomic E-state index is 5.36. The molecule has 0 amide bonds. The Hall–Kier alpha value is -4.25. The first-order valence-electron chi connectivity index (χ1n) is 12.5. The van der Waals surface area contributed by atoms with Gasteiger partial charge in [-0.15, -0.1) is 0 Å². The van der Waals surface area contributed by atoms with Crippen molar-refractivity contribution in [3.8, 4) is 0 Å². The van der Waals surface area contributed by atoms with Gasteiger partial charge in [0.2, 0.25) is 0 Å². The first kappa shape index (κ1) is 24.4. The second kappa shape index (κ2) is 10.8. The molecule has 5 heteroatoms. The molecular formula is C32H31NO4. The molecule has 4 heterocycles. The fourth-order valence-electron chi connectivity index (χ4n) is 4.59. The van der Waals surface area contributed by atoms with Crippen molar-refractivity contribution < 1.29 is 17.7 Å². The highest BCUT2D eigenvalue weighted by Crippen LogP contribution is 2.32. The Bertz CT molecular complexity index is 1580. The Labute approximate surface area is 216 Å². The zero-order chi connectivity index (χ0) is 25.8. The summed E-state index contributed by atoms with van der Waals surface area (Å²) in [4.78, 5) is 4.15. The summed E-state index contributed by atoms with van der Waals surface area (Å²) in [6.07, 6.45) is 16.0. The molecule has 4 aromatic heterocycles. The molecule has 5 nitrogen and oxygen atoms in total. The van der Waals surface area contributed by atoms with E-state index in [1.807, 2.05) is 57.2 Å². The summed E-state index contributed by atoms with van der Waals surface area (Å²) in [7, 11) is 0. The number of para-hydroxylation sites is 2. The van der Waals surface area contributed by atoms with E-state index in [0.717, 1.165) is 46.1 Å². The molecule has 0 atom stereocenters. The van der Waals surface area contributed by atoms with E-state index in [9.17, 15) is 0 Å². The second-order valence-electron chi connectivity index (χ2n) is 9.40. The van der Waals surface area contributed by atoms with Crippen molar-refractivity contribution in [2.24, 2.45) is 0 Å². The molecule has 0 saturated carbocycles. The quantitative estimate of drug-likeness (QED) is 0.215. The van der Waals surface area contributed by atoms with Gasteiger partial charge in [-0.05, 0) is 69.5 Å². The van der Waals surface area contributed by atoms with Crippen LogP contribution < -0.4 is 0 Å². The Balaban J connectivity index is 0.000000101. The number of benzene rings is 1. The lowest BCUT2D eigenvalue weighted by Gasteiger charge is -1.92. The molecule has 5 aromatic rings. The van der Waals surface area contributed by atoms with Gasteiger partial charge < -0.3 is 17.7 Å². The number of aromatic nitrogens is 1. The van der Waals surface area contributed by atoms with Crippen LogP contribution in [-0.2, 0) is 6.42 Å². The van der Waals surface area contributed by atoms with Gasteiger partial charge in [-0.25, -0.2) is 4.98 Å². The molecule has 3 aliphatic rings. The standard InChI is InChI=1S/C9H10.C8H7NO.C8H8O.C7H6O2/c1-7-5-8-3-2-4-9(8)6-7;1-6-9-7-4-2-3-5-8(7)10-6;1-6-5-7-3-2-4-8(7)9-6;1-5-4-6-2-3-8-7(6)9-5/h2-3,5H,4,6H2,1H3;2-5H,1H3;2-3,5H,4H2,1H3;2-4H,1H3. The summed E-state index contributed by atoms with van der Waals surface area (Å²) in [6.45, 7) is 7.92. The summed E-state index contributed by atoms with van der Waals surface area (Å²) in [5, 5.41) is 1.03. The Morgan fingerprint density at radius 3 is 2.41 bits per heavy atom. The van der Waals surface area contributed by atoms with E-state index in [1.165, 1.54) is 29.6 Å². The molecule has 188 valence electrons. The van der Waals surface area contributed by atoms with Gasteiger partial charge in [0.25, 0.3) is 5.78 Å². The van der Waals surface area contributed by atoms with Crippen LogP contribution >= 0.6 is 0 Å². The van der Waals surface area contributed by atoms with Crippen molar-refractivity contribution in [2.45, 2.75) is 47.0 Å². The van der Waals surface area contributed by atoms with Gasteiger partial charge in [0.15, 0.2) is 11.5 Å². The minimum atomic E-state index is 0.618. The van der Waals surface area contributed by atoms with Gasteiger partial charge in [-0.3, -0.25) is 0 Å². The smallest absolute Gasteiger partial charge is 0.297 e. The zero-order valence-electron chi connectivity index (χ0n) is 21.7. The molecule has 0 fully saturated rings. The van der Waals surface area contributed by atoms with Crippen molar-refractivity contribution in [3.63, 3.8) is 0 Å². The third-order valence-corrected chi connectivity index (χ3v) is 6.20. The summed E-state index contributed by atoms with van der Waals surface area (Å²) in [6, 6.07) is 13.6. The van der Waals surface area contributed by atoms with E-state index in [1.54, 1.807) is 11.8 Å². The van der Waals surface area contributed by atoms with Gasteiger partial charge in [0.05, 0.1) is 11.6 Å². The number of hydrogen-bond donors (Lipinski definition) is 0. The maximum Gasteiger partial charge on any atom is 0.297 e. The predicted octanol–water partition coefficient (Wildman–Crippen LogP) is 9.22. The average Bonchev–Trinajstić information content (AvgIpc) is 3.65. The largest absolute Gasteiger partial charge is 0.465 e. The Kier molecular flexibility index (Phi) is 7.13. The van der Waals surface area contributed by atoms with E-state index in [-0.39, 0.29) is 0 Å². The fraction of sp³-hybridized carbons (Fsp3) is 0.219. The van der Waals surface area contributed by atoms with Crippen LogP contribution in [0, 0.1) is 20.8 Å². The molecule has 0 saturated heterocycles. The van der Waals surface area contributed by atoms with E-state index < -0.39 is 0 Å². The zero-order valence-corrected chi connectivity index (χ0v) is 21.7. The first-order valence-corrected chi connectivity index (χ1v) is 12.5. The third-order valence-electron chi connectivity index (χ3n) is 6.20. The Morgan fingerprint density at radius 1 is 0.811 bits per heavy atom. The lowest BCUT2D eigenvalue weighted by molar-refractivity contribution is 0.462. The third kappa shape index (κ3) is 5.95. The topological polar surface area (TPSA) is 65.5 Å². The van der Waals surface area contributed by atoms with Crippen molar-refractivity contribution in [3.05, 3.63) is 118 Å². The number of nitrogens with zero attached hydrogens (tertiary/aromatic N) is 1. The summed E-state index contributed by atoms with van der Waals surface area (Å²) in [5.41, 5.74) is 7.66. The van der Waals surface area contributed by atoms with Crippen LogP contribution in [0.3, 0.4) is 0 Å². The molecule has 0 aliphatic heterocycles. The predicted molar refractivity (Wildman–Crippen MR) is 147 cm³/mol. The van der Waals surface area contributed by atoms with Crippen LogP contribution in [0.1, 0.15) is 48.5 Å². The van der Waals surface area contributed by atoms with Crippen LogP contribution in [0.15, 0.2) is 107 Å². The van der Waals surface area contributed by atoms with Crippen LogP contribution in [0.5, 0.6) is 0 Å². The lowest BCUT2D eigenvalue weighted by atomic mass is 10.1. The summed E-state index contributed by atoms with van der Waals surface area (Å²) in [5.74, 6) is 4.37. The minimum Gasteiger partial charge on any atom is -0.465 e. The number of aryl methyl sites for hydroxylation is 3. The van der Waals surface area contributed by atoms with Crippen molar-refractivity contribution in [1.82, 2.24) is 4.98 Å².